The second kappa shape index (κ2) is 6.16. The largest absolute Gasteiger partial charge is 0.324 e. The number of aryl methyl sites for hydroxylation is 1. The Morgan fingerprint density at radius 2 is 1.95 bits per heavy atom. The molecule has 2 N–H and O–H groups in total. The summed E-state index contributed by atoms with van der Waals surface area (Å²) in [5.41, 5.74) is 9.32. The molecule has 1 nitrogen and oxygen atoms in total. The molecule has 0 aliphatic carbocycles. The predicted molar refractivity (Wildman–Crippen MR) is 83.6 cm³/mol. The van der Waals surface area contributed by atoms with Crippen molar-refractivity contribution in [3.63, 3.8) is 0 Å². The van der Waals surface area contributed by atoms with Crippen LogP contribution in [0.3, 0.4) is 0 Å². The van der Waals surface area contributed by atoms with E-state index in [9.17, 15) is 4.39 Å². The van der Waals surface area contributed by atoms with E-state index in [1.54, 1.807) is 6.07 Å². The van der Waals surface area contributed by atoms with Gasteiger partial charge in [0.25, 0.3) is 0 Å². The Labute approximate surface area is 129 Å². The summed E-state index contributed by atoms with van der Waals surface area (Å²) < 4.78 is 15.0. The van der Waals surface area contributed by atoms with E-state index in [0.29, 0.717) is 10.9 Å². The molecule has 2 aromatic carbocycles. The van der Waals surface area contributed by atoms with Crippen molar-refractivity contribution in [2.75, 3.05) is 0 Å². The zero-order valence-corrected chi connectivity index (χ0v) is 13.6. The number of halogens is 3. The van der Waals surface area contributed by atoms with Gasteiger partial charge in [-0.2, -0.15) is 0 Å². The molecular formula is C15H14Br2FN. The van der Waals surface area contributed by atoms with Gasteiger partial charge in [0, 0.05) is 10.5 Å². The lowest BCUT2D eigenvalue weighted by Crippen LogP contribution is -2.14. The Balaban J connectivity index is 2.28. The van der Waals surface area contributed by atoms with Gasteiger partial charge in [-0.05, 0) is 52.5 Å². The molecular weight excluding hydrogens is 373 g/mol. The first-order valence-corrected chi connectivity index (χ1v) is 7.52. The molecule has 0 saturated heterocycles. The summed E-state index contributed by atoms with van der Waals surface area (Å²) in [7, 11) is 0. The van der Waals surface area contributed by atoms with Gasteiger partial charge in [-0.15, -0.1) is 0 Å². The minimum atomic E-state index is -0.256. The van der Waals surface area contributed by atoms with Gasteiger partial charge in [-0.25, -0.2) is 4.39 Å². The van der Waals surface area contributed by atoms with E-state index >= 15 is 0 Å². The highest BCUT2D eigenvalue weighted by Gasteiger charge is 2.14. The van der Waals surface area contributed by atoms with Crippen LogP contribution in [0.2, 0.25) is 0 Å². The topological polar surface area (TPSA) is 26.0 Å². The van der Waals surface area contributed by atoms with Gasteiger partial charge in [-0.1, -0.05) is 45.8 Å². The third-order valence-electron chi connectivity index (χ3n) is 3.02. The first kappa shape index (κ1) is 14.7. The minimum Gasteiger partial charge on any atom is -0.324 e. The van der Waals surface area contributed by atoms with Gasteiger partial charge < -0.3 is 5.73 Å². The predicted octanol–water partition coefficient (Wildman–Crippen LogP) is 4.90. The van der Waals surface area contributed by atoms with E-state index in [1.165, 1.54) is 6.07 Å². The monoisotopic (exact) mass is 385 g/mol. The lowest BCUT2D eigenvalue weighted by molar-refractivity contribution is 0.614. The van der Waals surface area contributed by atoms with Crippen LogP contribution in [0.25, 0.3) is 0 Å². The number of rotatable bonds is 3. The molecule has 0 aliphatic heterocycles. The standard InChI is InChI=1S/C15H14Br2FN/c1-9-5-6-12(16)11(7-9)14(19)8-10-3-2-4-13(18)15(10)17/h2-7,14H,8,19H2,1H3. The molecule has 1 unspecified atom stereocenters. The first-order valence-electron chi connectivity index (χ1n) is 5.93. The van der Waals surface area contributed by atoms with Crippen molar-refractivity contribution in [3.05, 3.63) is 67.9 Å². The van der Waals surface area contributed by atoms with E-state index in [2.05, 4.69) is 37.9 Å². The van der Waals surface area contributed by atoms with E-state index < -0.39 is 0 Å². The SMILES string of the molecule is Cc1ccc(Br)c(C(N)Cc2cccc(F)c2Br)c1. The molecule has 2 aromatic rings. The van der Waals surface area contributed by atoms with Crippen LogP contribution in [0, 0.1) is 12.7 Å². The molecule has 0 fully saturated rings. The fourth-order valence-corrected chi connectivity index (χ4v) is 2.97. The van der Waals surface area contributed by atoms with Gasteiger partial charge in [-0.3, -0.25) is 0 Å². The van der Waals surface area contributed by atoms with Crippen molar-refractivity contribution in [2.45, 2.75) is 19.4 Å². The Morgan fingerprint density at radius 1 is 1.21 bits per heavy atom. The fraction of sp³-hybridized carbons (Fsp3) is 0.200. The maximum atomic E-state index is 13.5. The zero-order valence-electron chi connectivity index (χ0n) is 10.5. The van der Waals surface area contributed by atoms with Crippen LogP contribution in [0.15, 0.2) is 45.3 Å². The van der Waals surface area contributed by atoms with Gasteiger partial charge in [0.1, 0.15) is 5.82 Å². The van der Waals surface area contributed by atoms with Crippen molar-refractivity contribution in [3.8, 4) is 0 Å². The van der Waals surface area contributed by atoms with Crippen LogP contribution in [0.1, 0.15) is 22.7 Å². The average molecular weight is 387 g/mol. The van der Waals surface area contributed by atoms with Crippen molar-refractivity contribution in [2.24, 2.45) is 5.73 Å². The van der Waals surface area contributed by atoms with Gasteiger partial charge in [0.15, 0.2) is 0 Å². The van der Waals surface area contributed by atoms with Gasteiger partial charge in [0.2, 0.25) is 0 Å². The molecule has 19 heavy (non-hydrogen) atoms. The van der Waals surface area contributed by atoms with E-state index in [1.807, 2.05) is 25.1 Å². The maximum Gasteiger partial charge on any atom is 0.137 e. The summed E-state index contributed by atoms with van der Waals surface area (Å²) in [5.74, 6) is -0.256. The Bertz CT molecular complexity index is 599. The lowest BCUT2D eigenvalue weighted by Gasteiger charge is -2.16. The Morgan fingerprint density at radius 3 is 2.68 bits per heavy atom. The van der Waals surface area contributed by atoms with Crippen LogP contribution in [0.5, 0.6) is 0 Å². The summed E-state index contributed by atoms with van der Waals surface area (Å²) in [4.78, 5) is 0. The Kier molecular flexibility index (Phi) is 4.76. The number of hydrogen-bond donors (Lipinski definition) is 1. The quantitative estimate of drug-likeness (QED) is 0.797. The van der Waals surface area contributed by atoms with E-state index in [-0.39, 0.29) is 11.9 Å². The highest BCUT2D eigenvalue weighted by Crippen LogP contribution is 2.28. The van der Waals surface area contributed by atoms with Crippen molar-refractivity contribution in [1.29, 1.82) is 0 Å². The lowest BCUT2D eigenvalue weighted by atomic mass is 9.98. The van der Waals surface area contributed by atoms with Crippen LogP contribution < -0.4 is 5.73 Å². The summed E-state index contributed by atoms with van der Waals surface area (Å²) in [5, 5.41) is 0. The average Bonchev–Trinajstić information content (AvgIpc) is 2.38. The second-order valence-corrected chi connectivity index (χ2v) is 6.20. The van der Waals surface area contributed by atoms with Crippen LogP contribution >= 0.6 is 31.9 Å². The summed E-state index contributed by atoms with van der Waals surface area (Å²) >= 11 is 6.78. The van der Waals surface area contributed by atoms with Crippen molar-refractivity contribution in [1.82, 2.24) is 0 Å². The fourth-order valence-electron chi connectivity index (χ4n) is 2.00. The maximum absolute atomic E-state index is 13.5. The van der Waals surface area contributed by atoms with E-state index in [0.717, 1.165) is 21.2 Å². The third-order valence-corrected chi connectivity index (χ3v) is 4.63. The highest BCUT2D eigenvalue weighted by atomic mass is 79.9. The Hall–Kier alpha value is -0.710. The molecule has 0 radical (unpaired) electrons. The molecule has 0 aromatic heterocycles. The molecule has 100 valence electrons. The summed E-state index contributed by atoms with van der Waals surface area (Å²) in [6.45, 7) is 2.03. The van der Waals surface area contributed by atoms with Gasteiger partial charge >= 0.3 is 0 Å². The summed E-state index contributed by atoms with van der Waals surface area (Å²) in [6.07, 6.45) is 0.584. The molecule has 0 saturated carbocycles. The molecule has 0 bridgehead atoms. The van der Waals surface area contributed by atoms with Crippen LogP contribution in [-0.2, 0) is 6.42 Å². The normalized spacial score (nSPS) is 12.5. The van der Waals surface area contributed by atoms with Crippen LogP contribution in [-0.4, -0.2) is 0 Å². The molecule has 2 rings (SSSR count). The second-order valence-electron chi connectivity index (χ2n) is 4.55. The summed E-state index contributed by atoms with van der Waals surface area (Å²) in [6, 6.07) is 10.9. The first-order chi connectivity index (χ1) is 8.99. The van der Waals surface area contributed by atoms with Gasteiger partial charge in [0.05, 0.1) is 4.47 Å². The molecule has 4 heteroatoms. The third kappa shape index (κ3) is 3.44. The van der Waals surface area contributed by atoms with E-state index in [4.69, 9.17) is 5.73 Å². The highest BCUT2D eigenvalue weighted by molar-refractivity contribution is 9.10. The zero-order chi connectivity index (χ0) is 14.0. The molecule has 0 amide bonds. The number of nitrogens with two attached hydrogens (primary N) is 1. The molecule has 0 heterocycles. The smallest absolute Gasteiger partial charge is 0.137 e. The molecule has 1 atom stereocenters. The van der Waals surface area contributed by atoms with Crippen molar-refractivity contribution < 1.29 is 4.39 Å². The minimum absolute atomic E-state index is 0.174. The van der Waals surface area contributed by atoms with Crippen molar-refractivity contribution >= 4 is 31.9 Å². The molecule has 0 spiro atoms. The van der Waals surface area contributed by atoms with Crippen LogP contribution in [0.4, 0.5) is 4.39 Å². The molecule has 0 aliphatic rings. The number of hydrogen-bond acceptors (Lipinski definition) is 1. The number of benzene rings is 2.